The average molecular weight is 155 g/mol. The van der Waals surface area contributed by atoms with Crippen LogP contribution < -0.4 is 5.73 Å². The molecular formula is C8H17N3. The second-order valence-electron chi connectivity index (χ2n) is 3.44. The van der Waals surface area contributed by atoms with E-state index in [1.807, 2.05) is 11.9 Å². The number of hydrogen-bond donors (Lipinski definition) is 1. The number of guanidine groups is 1. The van der Waals surface area contributed by atoms with E-state index in [1.165, 1.54) is 6.42 Å². The summed E-state index contributed by atoms with van der Waals surface area (Å²) in [6.07, 6.45) is 1.35. The largest absolute Gasteiger partial charge is 0.370 e. The van der Waals surface area contributed by atoms with Gasteiger partial charge >= 0.3 is 0 Å². The van der Waals surface area contributed by atoms with Crippen LogP contribution in [0.1, 0.15) is 13.3 Å². The molecule has 3 nitrogen and oxygen atoms in total. The minimum Gasteiger partial charge on any atom is -0.370 e. The van der Waals surface area contributed by atoms with Gasteiger partial charge in [-0.25, -0.2) is 0 Å². The van der Waals surface area contributed by atoms with Crippen molar-refractivity contribution in [2.24, 2.45) is 22.6 Å². The minimum absolute atomic E-state index is 0.643. The molecule has 2 unspecified atom stereocenters. The molecule has 0 radical (unpaired) electrons. The Kier molecular flexibility index (Phi) is 2.37. The quantitative estimate of drug-likeness (QED) is 0.466. The van der Waals surface area contributed by atoms with Crippen molar-refractivity contribution in [1.82, 2.24) is 4.90 Å². The van der Waals surface area contributed by atoms with E-state index >= 15 is 0 Å². The molecule has 0 aromatic rings. The molecular weight excluding hydrogens is 138 g/mol. The van der Waals surface area contributed by atoms with Gasteiger partial charge in [-0.3, -0.25) is 4.99 Å². The summed E-state index contributed by atoms with van der Waals surface area (Å²) in [5.74, 6) is 2.38. The molecule has 64 valence electrons. The summed E-state index contributed by atoms with van der Waals surface area (Å²) in [5, 5.41) is 0. The Morgan fingerprint density at radius 2 is 2.27 bits per heavy atom. The second kappa shape index (κ2) is 3.11. The van der Waals surface area contributed by atoms with Gasteiger partial charge in [-0.1, -0.05) is 6.92 Å². The molecule has 0 aromatic carbocycles. The molecule has 0 heterocycles. The molecule has 0 aliphatic heterocycles. The molecule has 1 fully saturated rings. The maximum absolute atomic E-state index is 5.61. The van der Waals surface area contributed by atoms with Gasteiger partial charge in [0.25, 0.3) is 0 Å². The molecule has 11 heavy (non-hydrogen) atoms. The van der Waals surface area contributed by atoms with Gasteiger partial charge in [0, 0.05) is 20.6 Å². The van der Waals surface area contributed by atoms with Gasteiger partial charge < -0.3 is 10.6 Å². The van der Waals surface area contributed by atoms with E-state index < -0.39 is 0 Å². The normalized spacial score (nSPS) is 30.3. The molecule has 0 amide bonds. The van der Waals surface area contributed by atoms with Crippen LogP contribution in [0.2, 0.25) is 0 Å². The van der Waals surface area contributed by atoms with E-state index in [-0.39, 0.29) is 0 Å². The standard InChI is InChI=1S/C8H17N3/c1-6-4-7(6)5-11(3)8(9)10-2/h6-7H,4-5H2,1-3H3,(H2,9,10). The van der Waals surface area contributed by atoms with Crippen LogP contribution in [0.25, 0.3) is 0 Å². The maximum Gasteiger partial charge on any atom is 0.190 e. The van der Waals surface area contributed by atoms with Gasteiger partial charge in [0.2, 0.25) is 0 Å². The van der Waals surface area contributed by atoms with Crippen LogP contribution >= 0.6 is 0 Å². The van der Waals surface area contributed by atoms with E-state index in [2.05, 4.69) is 11.9 Å². The molecule has 1 aliphatic rings. The maximum atomic E-state index is 5.61. The Hall–Kier alpha value is -0.730. The van der Waals surface area contributed by atoms with Crippen LogP contribution in [0.3, 0.4) is 0 Å². The van der Waals surface area contributed by atoms with Crippen molar-refractivity contribution in [3.05, 3.63) is 0 Å². The number of hydrogen-bond acceptors (Lipinski definition) is 1. The summed E-state index contributed by atoms with van der Waals surface area (Å²) in [5.41, 5.74) is 5.61. The topological polar surface area (TPSA) is 41.6 Å². The van der Waals surface area contributed by atoms with Gasteiger partial charge in [0.05, 0.1) is 0 Å². The molecule has 2 N–H and O–H groups in total. The van der Waals surface area contributed by atoms with Crippen LogP contribution in [0.15, 0.2) is 4.99 Å². The fourth-order valence-corrected chi connectivity index (χ4v) is 1.27. The predicted octanol–water partition coefficient (Wildman–Crippen LogP) is 0.519. The lowest BCUT2D eigenvalue weighted by Crippen LogP contribution is -2.35. The molecule has 1 aliphatic carbocycles. The van der Waals surface area contributed by atoms with E-state index in [0.29, 0.717) is 5.96 Å². The first-order valence-electron chi connectivity index (χ1n) is 4.08. The van der Waals surface area contributed by atoms with Crippen LogP contribution in [-0.2, 0) is 0 Å². The third-order valence-electron chi connectivity index (χ3n) is 2.40. The summed E-state index contributed by atoms with van der Waals surface area (Å²) >= 11 is 0. The van der Waals surface area contributed by atoms with Crippen molar-refractivity contribution in [3.63, 3.8) is 0 Å². The molecule has 0 spiro atoms. The fraction of sp³-hybridized carbons (Fsp3) is 0.875. The van der Waals surface area contributed by atoms with Gasteiger partial charge in [-0.2, -0.15) is 0 Å². The lowest BCUT2D eigenvalue weighted by atomic mass is 10.3. The molecule has 1 rings (SSSR count). The summed E-state index contributed by atoms with van der Waals surface area (Å²) in [6, 6.07) is 0. The molecule has 3 heteroatoms. The highest BCUT2D eigenvalue weighted by Crippen LogP contribution is 2.37. The van der Waals surface area contributed by atoms with Crippen molar-refractivity contribution >= 4 is 5.96 Å². The predicted molar refractivity (Wildman–Crippen MR) is 47.4 cm³/mol. The summed E-state index contributed by atoms with van der Waals surface area (Å²) in [4.78, 5) is 5.94. The third-order valence-corrected chi connectivity index (χ3v) is 2.40. The highest BCUT2D eigenvalue weighted by Gasteiger charge is 2.33. The van der Waals surface area contributed by atoms with Crippen LogP contribution in [0.5, 0.6) is 0 Å². The van der Waals surface area contributed by atoms with E-state index in [1.54, 1.807) is 7.05 Å². The Balaban J connectivity index is 2.26. The average Bonchev–Trinajstić information content (AvgIpc) is 2.65. The highest BCUT2D eigenvalue weighted by molar-refractivity contribution is 5.77. The van der Waals surface area contributed by atoms with Crippen LogP contribution in [-0.4, -0.2) is 31.5 Å². The van der Waals surface area contributed by atoms with E-state index in [9.17, 15) is 0 Å². The molecule has 0 aromatic heterocycles. The van der Waals surface area contributed by atoms with Crippen molar-refractivity contribution in [2.75, 3.05) is 20.6 Å². The van der Waals surface area contributed by atoms with Crippen molar-refractivity contribution < 1.29 is 0 Å². The monoisotopic (exact) mass is 155 g/mol. The minimum atomic E-state index is 0.643. The summed E-state index contributed by atoms with van der Waals surface area (Å²) < 4.78 is 0. The Bertz CT molecular complexity index is 165. The fourth-order valence-electron chi connectivity index (χ4n) is 1.27. The SMILES string of the molecule is CN=C(N)N(C)CC1CC1C. The zero-order chi connectivity index (χ0) is 8.43. The Morgan fingerprint density at radius 1 is 1.73 bits per heavy atom. The molecule has 2 atom stereocenters. The third kappa shape index (κ3) is 2.10. The van der Waals surface area contributed by atoms with E-state index in [0.717, 1.165) is 18.4 Å². The summed E-state index contributed by atoms with van der Waals surface area (Å²) in [7, 11) is 3.72. The first kappa shape index (κ1) is 8.37. The zero-order valence-electron chi connectivity index (χ0n) is 7.54. The number of rotatable bonds is 2. The van der Waals surface area contributed by atoms with Crippen LogP contribution in [0.4, 0.5) is 0 Å². The summed E-state index contributed by atoms with van der Waals surface area (Å²) in [6.45, 7) is 3.34. The zero-order valence-corrected chi connectivity index (χ0v) is 7.54. The number of nitrogens with two attached hydrogens (primary N) is 1. The van der Waals surface area contributed by atoms with Gasteiger partial charge in [-0.15, -0.1) is 0 Å². The van der Waals surface area contributed by atoms with Gasteiger partial charge in [0.15, 0.2) is 5.96 Å². The molecule has 0 saturated heterocycles. The second-order valence-corrected chi connectivity index (χ2v) is 3.44. The van der Waals surface area contributed by atoms with Crippen molar-refractivity contribution in [2.45, 2.75) is 13.3 Å². The van der Waals surface area contributed by atoms with Crippen molar-refractivity contribution in [1.29, 1.82) is 0 Å². The first-order valence-corrected chi connectivity index (χ1v) is 4.08. The molecule has 0 bridgehead atoms. The number of aliphatic imine (C=N–C) groups is 1. The van der Waals surface area contributed by atoms with Gasteiger partial charge in [-0.05, 0) is 18.3 Å². The highest BCUT2D eigenvalue weighted by atomic mass is 15.2. The Labute approximate surface area is 68.3 Å². The Morgan fingerprint density at radius 3 is 2.64 bits per heavy atom. The molecule has 1 saturated carbocycles. The lowest BCUT2D eigenvalue weighted by Gasteiger charge is -2.16. The first-order chi connectivity index (χ1) is 5.15. The lowest BCUT2D eigenvalue weighted by molar-refractivity contribution is 0.457. The van der Waals surface area contributed by atoms with E-state index in [4.69, 9.17) is 5.73 Å². The van der Waals surface area contributed by atoms with Gasteiger partial charge in [0.1, 0.15) is 0 Å². The smallest absolute Gasteiger partial charge is 0.190 e. The number of nitrogens with zero attached hydrogens (tertiary/aromatic N) is 2. The van der Waals surface area contributed by atoms with Crippen LogP contribution in [0, 0.1) is 11.8 Å². The van der Waals surface area contributed by atoms with Crippen molar-refractivity contribution in [3.8, 4) is 0 Å².